The highest BCUT2D eigenvalue weighted by atomic mass is 32.2. The van der Waals surface area contributed by atoms with Crippen molar-refractivity contribution in [3.05, 3.63) is 18.2 Å². The molecule has 2 atom stereocenters. The van der Waals surface area contributed by atoms with Crippen LogP contribution >= 0.6 is 0 Å². The van der Waals surface area contributed by atoms with Crippen molar-refractivity contribution in [2.75, 3.05) is 38.5 Å². The lowest BCUT2D eigenvalue weighted by molar-refractivity contribution is 0.0292. The summed E-state index contributed by atoms with van der Waals surface area (Å²) in [6.07, 6.45) is 6.28. The maximum atomic E-state index is 12.8. The summed E-state index contributed by atoms with van der Waals surface area (Å²) in [6.45, 7) is 5.38. The van der Waals surface area contributed by atoms with Crippen molar-refractivity contribution in [2.24, 2.45) is 0 Å². The average Bonchev–Trinajstić information content (AvgIpc) is 3.09. The van der Waals surface area contributed by atoms with Gasteiger partial charge in [-0.1, -0.05) is 6.92 Å². The highest BCUT2D eigenvalue weighted by Gasteiger charge is 2.36. The van der Waals surface area contributed by atoms with E-state index in [0.29, 0.717) is 19.7 Å². The van der Waals surface area contributed by atoms with Crippen LogP contribution in [0.5, 0.6) is 0 Å². The summed E-state index contributed by atoms with van der Waals surface area (Å²) >= 11 is 0. The van der Waals surface area contributed by atoms with Gasteiger partial charge in [-0.3, -0.25) is 4.90 Å². The summed E-state index contributed by atoms with van der Waals surface area (Å²) in [4.78, 5) is 9.72. The second kappa shape index (κ2) is 7.29. The van der Waals surface area contributed by atoms with Crippen LogP contribution in [-0.2, 0) is 14.8 Å². The molecule has 0 radical (unpaired) electrons. The van der Waals surface area contributed by atoms with Gasteiger partial charge in [0.15, 0.2) is 0 Å². The van der Waals surface area contributed by atoms with Crippen molar-refractivity contribution < 1.29 is 13.2 Å². The predicted molar refractivity (Wildman–Crippen MR) is 87.5 cm³/mol. The fourth-order valence-corrected chi connectivity index (χ4v) is 5.10. The molecular formula is C15H26N4O3S. The second-order valence-electron chi connectivity index (χ2n) is 6.24. The zero-order valence-electron chi connectivity index (χ0n) is 13.6. The van der Waals surface area contributed by atoms with E-state index in [4.69, 9.17) is 4.74 Å². The van der Waals surface area contributed by atoms with Crippen LogP contribution in [0.1, 0.15) is 38.1 Å². The highest BCUT2D eigenvalue weighted by molar-refractivity contribution is 7.89. The minimum absolute atomic E-state index is 0.00852. The number of hydrogen-bond acceptors (Lipinski definition) is 5. The van der Waals surface area contributed by atoms with Crippen LogP contribution in [0.15, 0.2) is 12.4 Å². The third-order valence-electron chi connectivity index (χ3n) is 4.76. The first kappa shape index (κ1) is 16.9. The van der Waals surface area contributed by atoms with Gasteiger partial charge in [-0.15, -0.1) is 0 Å². The summed E-state index contributed by atoms with van der Waals surface area (Å²) < 4.78 is 32.7. The summed E-state index contributed by atoms with van der Waals surface area (Å²) in [5, 5.41) is 0. The number of aromatic amines is 1. The molecule has 130 valence electrons. The zero-order chi connectivity index (χ0) is 16.3. The van der Waals surface area contributed by atoms with Crippen LogP contribution in [0.3, 0.4) is 0 Å². The minimum Gasteiger partial charge on any atom is -0.377 e. The normalized spacial score (nSPS) is 28.0. The SMILES string of the molecule is CCN1CCN(S(=O)(=O)CC2CCCCO2)CC1c1ncc[nH]1. The first-order valence-electron chi connectivity index (χ1n) is 8.43. The third kappa shape index (κ3) is 3.93. The van der Waals surface area contributed by atoms with Gasteiger partial charge in [-0.2, -0.15) is 4.31 Å². The van der Waals surface area contributed by atoms with Crippen LogP contribution in [0.4, 0.5) is 0 Å². The predicted octanol–water partition coefficient (Wildman–Crippen LogP) is 0.987. The molecule has 1 aromatic rings. The number of likely N-dealkylation sites (N-methyl/N-ethyl adjacent to an activating group) is 1. The number of imidazole rings is 1. The quantitative estimate of drug-likeness (QED) is 0.863. The van der Waals surface area contributed by atoms with Gasteiger partial charge in [0.1, 0.15) is 5.82 Å². The van der Waals surface area contributed by atoms with E-state index in [-0.39, 0.29) is 17.9 Å². The Hall–Kier alpha value is -0.960. The first-order chi connectivity index (χ1) is 11.1. The standard InChI is InChI=1S/C15H26N4O3S/c1-2-18-8-9-19(11-14(18)15-16-6-7-17-15)23(20,21)12-13-5-3-4-10-22-13/h6-7,13-14H,2-5,8-12H2,1H3,(H,16,17). The Morgan fingerprint density at radius 2 is 2.26 bits per heavy atom. The molecule has 3 heterocycles. The molecule has 2 aliphatic rings. The van der Waals surface area contributed by atoms with Gasteiger partial charge < -0.3 is 9.72 Å². The summed E-state index contributed by atoms with van der Waals surface area (Å²) in [5.41, 5.74) is 0. The molecule has 8 heteroatoms. The fraction of sp³-hybridized carbons (Fsp3) is 0.800. The van der Waals surface area contributed by atoms with E-state index in [1.54, 1.807) is 16.7 Å². The third-order valence-corrected chi connectivity index (χ3v) is 6.67. The molecule has 2 unspecified atom stereocenters. The topological polar surface area (TPSA) is 78.5 Å². The molecule has 2 aliphatic heterocycles. The molecule has 2 saturated heterocycles. The molecular weight excluding hydrogens is 316 g/mol. The van der Waals surface area contributed by atoms with Crippen LogP contribution in [-0.4, -0.2) is 72.2 Å². The van der Waals surface area contributed by atoms with Crippen molar-refractivity contribution in [2.45, 2.75) is 38.3 Å². The largest absolute Gasteiger partial charge is 0.377 e. The van der Waals surface area contributed by atoms with Crippen LogP contribution in [0, 0.1) is 0 Å². The summed E-state index contributed by atoms with van der Waals surface area (Å²) in [7, 11) is -3.30. The number of nitrogens with zero attached hydrogens (tertiary/aromatic N) is 3. The molecule has 1 aromatic heterocycles. The van der Waals surface area contributed by atoms with Gasteiger partial charge in [0.25, 0.3) is 0 Å². The molecule has 23 heavy (non-hydrogen) atoms. The molecule has 2 fully saturated rings. The summed E-state index contributed by atoms with van der Waals surface area (Å²) in [6, 6.07) is -0.00852. The lowest BCUT2D eigenvalue weighted by Gasteiger charge is -2.39. The Kier molecular flexibility index (Phi) is 5.35. The molecule has 0 bridgehead atoms. The Morgan fingerprint density at radius 1 is 1.39 bits per heavy atom. The monoisotopic (exact) mass is 342 g/mol. The van der Waals surface area contributed by atoms with E-state index in [0.717, 1.165) is 38.2 Å². The average molecular weight is 342 g/mol. The maximum Gasteiger partial charge on any atom is 0.216 e. The molecule has 0 spiro atoms. The van der Waals surface area contributed by atoms with Crippen LogP contribution in [0.25, 0.3) is 0 Å². The van der Waals surface area contributed by atoms with E-state index in [1.807, 2.05) is 0 Å². The maximum absolute atomic E-state index is 12.8. The van der Waals surface area contributed by atoms with Crippen molar-refractivity contribution in [3.8, 4) is 0 Å². The van der Waals surface area contributed by atoms with Crippen molar-refractivity contribution in [1.29, 1.82) is 0 Å². The number of rotatable bonds is 5. The van der Waals surface area contributed by atoms with E-state index < -0.39 is 10.0 Å². The Bertz CT molecular complexity index is 584. The Balaban J connectivity index is 1.69. The minimum atomic E-state index is -3.30. The van der Waals surface area contributed by atoms with Gasteiger partial charge in [0, 0.05) is 38.6 Å². The van der Waals surface area contributed by atoms with Gasteiger partial charge in [0.05, 0.1) is 17.9 Å². The van der Waals surface area contributed by atoms with Crippen molar-refractivity contribution in [1.82, 2.24) is 19.2 Å². The smallest absolute Gasteiger partial charge is 0.216 e. The Morgan fingerprint density at radius 3 is 2.91 bits per heavy atom. The lowest BCUT2D eigenvalue weighted by atomic mass is 10.1. The number of nitrogens with one attached hydrogen (secondary N) is 1. The number of sulfonamides is 1. The lowest BCUT2D eigenvalue weighted by Crippen LogP contribution is -2.52. The molecule has 0 aromatic carbocycles. The molecule has 0 aliphatic carbocycles. The second-order valence-corrected chi connectivity index (χ2v) is 8.26. The van der Waals surface area contributed by atoms with Crippen molar-refractivity contribution in [3.63, 3.8) is 0 Å². The molecule has 0 saturated carbocycles. The van der Waals surface area contributed by atoms with E-state index in [9.17, 15) is 8.42 Å². The van der Waals surface area contributed by atoms with Crippen LogP contribution in [0.2, 0.25) is 0 Å². The zero-order valence-corrected chi connectivity index (χ0v) is 14.5. The number of ether oxygens (including phenoxy) is 1. The van der Waals surface area contributed by atoms with Crippen molar-refractivity contribution >= 4 is 10.0 Å². The van der Waals surface area contributed by atoms with Gasteiger partial charge in [-0.25, -0.2) is 13.4 Å². The van der Waals surface area contributed by atoms with Gasteiger partial charge >= 0.3 is 0 Å². The highest BCUT2D eigenvalue weighted by Crippen LogP contribution is 2.25. The van der Waals surface area contributed by atoms with Gasteiger partial charge in [0.2, 0.25) is 10.0 Å². The molecule has 0 amide bonds. The number of H-pyrrole nitrogens is 1. The van der Waals surface area contributed by atoms with Crippen LogP contribution < -0.4 is 0 Å². The molecule has 1 N–H and O–H groups in total. The van der Waals surface area contributed by atoms with E-state index in [2.05, 4.69) is 21.8 Å². The summed E-state index contributed by atoms with van der Waals surface area (Å²) in [5.74, 6) is 0.935. The van der Waals surface area contributed by atoms with Gasteiger partial charge in [-0.05, 0) is 25.8 Å². The Labute approximate surface area is 138 Å². The van der Waals surface area contributed by atoms with E-state index in [1.165, 1.54) is 0 Å². The van der Waals surface area contributed by atoms with E-state index >= 15 is 0 Å². The number of hydrogen-bond donors (Lipinski definition) is 1. The molecule has 3 rings (SSSR count). The number of aromatic nitrogens is 2. The first-order valence-corrected chi connectivity index (χ1v) is 10.0. The number of piperazine rings is 1. The molecule has 7 nitrogen and oxygen atoms in total. The fourth-order valence-electron chi connectivity index (χ4n) is 3.42.